The van der Waals surface area contributed by atoms with Crippen LogP contribution in [0.1, 0.15) is 58.4 Å². The standard InChI is InChI=1S/C34H47N7O2/c1-9-24(25-12-13-30-26(18-25)22-36-40(30)7)19-33(35-11-3)37-29-20-28(38-34(42)10-2)31(21-32(29)43-8)39(6)27-14-16-41(17-15-27)23(4)5/h10-13,18-24,27,37H,2,9,14-17H2,1,3-8H3,(H,38,42)/b33-19+,35-11?. The molecule has 0 spiro atoms. The molecule has 0 bridgehead atoms. The van der Waals surface area contributed by atoms with Crippen molar-refractivity contribution in [3.05, 3.63) is 66.6 Å². The van der Waals surface area contributed by atoms with Crippen molar-refractivity contribution in [2.75, 3.05) is 42.8 Å². The maximum atomic E-state index is 12.5. The summed E-state index contributed by atoms with van der Waals surface area (Å²) >= 11 is 0. The number of aryl methyl sites for hydroxylation is 1. The third-order valence-corrected chi connectivity index (χ3v) is 8.45. The van der Waals surface area contributed by atoms with E-state index in [-0.39, 0.29) is 11.8 Å². The number of amides is 1. The number of aliphatic imine (C=N–C) groups is 1. The summed E-state index contributed by atoms with van der Waals surface area (Å²) in [5.41, 5.74) is 4.60. The molecule has 2 aromatic carbocycles. The van der Waals surface area contributed by atoms with Crippen LogP contribution in [-0.2, 0) is 11.8 Å². The highest BCUT2D eigenvalue weighted by Gasteiger charge is 2.26. The number of fused-ring (bicyclic) bond motifs is 1. The molecule has 1 aliphatic rings. The fourth-order valence-electron chi connectivity index (χ4n) is 5.84. The zero-order chi connectivity index (χ0) is 31.1. The molecule has 1 amide bonds. The summed E-state index contributed by atoms with van der Waals surface area (Å²) in [4.78, 5) is 22.0. The fourth-order valence-corrected chi connectivity index (χ4v) is 5.84. The van der Waals surface area contributed by atoms with Crippen LogP contribution in [-0.4, -0.2) is 66.1 Å². The van der Waals surface area contributed by atoms with Crippen LogP contribution in [0, 0.1) is 0 Å². The van der Waals surface area contributed by atoms with Gasteiger partial charge in [0.2, 0.25) is 5.91 Å². The normalized spacial score (nSPS) is 15.7. The number of piperidine rings is 1. The van der Waals surface area contributed by atoms with E-state index in [1.54, 1.807) is 13.3 Å². The van der Waals surface area contributed by atoms with Gasteiger partial charge in [0.25, 0.3) is 0 Å². The van der Waals surface area contributed by atoms with Crippen LogP contribution in [0.2, 0.25) is 0 Å². The van der Waals surface area contributed by atoms with E-state index in [1.807, 2.05) is 37.0 Å². The van der Waals surface area contributed by atoms with Gasteiger partial charge in [0.05, 0.1) is 35.9 Å². The van der Waals surface area contributed by atoms with Crippen LogP contribution in [0.4, 0.5) is 17.1 Å². The van der Waals surface area contributed by atoms with E-state index in [0.29, 0.717) is 35.0 Å². The third kappa shape index (κ3) is 7.46. The van der Waals surface area contributed by atoms with Gasteiger partial charge in [-0.25, -0.2) is 4.99 Å². The lowest BCUT2D eigenvalue weighted by atomic mass is 9.95. The van der Waals surface area contributed by atoms with E-state index >= 15 is 0 Å². The molecular weight excluding hydrogens is 538 g/mol. The molecule has 3 aromatic rings. The Hall–Kier alpha value is -4.11. The molecule has 1 aliphatic heterocycles. The van der Waals surface area contributed by atoms with Crippen molar-refractivity contribution < 1.29 is 9.53 Å². The molecule has 1 unspecified atom stereocenters. The van der Waals surface area contributed by atoms with Gasteiger partial charge in [-0.2, -0.15) is 5.10 Å². The van der Waals surface area contributed by atoms with Gasteiger partial charge in [-0.3, -0.25) is 9.48 Å². The Bertz CT molecular complexity index is 1480. The van der Waals surface area contributed by atoms with Crippen molar-refractivity contribution in [2.45, 2.75) is 65.0 Å². The average molecular weight is 586 g/mol. The van der Waals surface area contributed by atoms with Crippen LogP contribution in [0.5, 0.6) is 5.75 Å². The largest absolute Gasteiger partial charge is 0.494 e. The molecule has 43 heavy (non-hydrogen) atoms. The highest BCUT2D eigenvalue weighted by atomic mass is 16.5. The minimum Gasteiger partial charge on any atom is -0.494 e. The second-order valence-corrected chi connectivity index (χ2v) is 11.4. The Balaban J connectivity index is 1.67. The zero-order valence-electron chi connectivity index (χ0n) is 26.7. The highest BCUT2D eigenvalue weighted by molar-refractivity contribution is 6.02. The second-order valence-electron chi connectivity index (χ2n) is 11.4. The van der Waals surface area contributed by atoms with Crippen LogP contribution in [0.15, 0.2) is 66.1 Å². The first-order valence-corrected chi connectivity index (χ1v) is 15.2. The number of nitrogens with one attached hydrogen (secondary N) is 2. The molecule has 1 fully saturated rings. The van der Waals surface area contributed by atoms with Crippen molar-refractivity contribution in [3.63, 3.8) is 0 Å². The van der Waals surface area contributed by atoms with Crippen molar-refractivity contribution >= 4 is 40.1 Å². The van der Waals surface area contributed by atoms with E-state index in [0.717, 1.165) is 48.9 Å². The first-order valence-electron chi connectivity index (χ1n) is 15.2. The van der Waals surface area contributed by atoms with Gasteiger partial charge in [0.15, 0.2) is 0 Å². The summed E-state index contributed by atoms with van der Waals surface area (Å²) in [5.74, 6) is 1.23. The second kappa shape index (κ2) is 14.4. The van der Waals surface area contributed by atoms with Crippen LogP contribution in [0.25, 0.3) is 10.9 Å². The molecule has 4 rings (SSSR count). The van der Waals surface area contributed by atoms with Crippen molar-refractivity contribution in [2.24, 2.45) is 12.0 Å². The summed E-state index contributed by atoms with van der Waals surface area (Å²) in [5, 5.41) is 12.0. The SMILES string of the molecule is C=CC(=O)Nc1cc(N/C(=C/C(CC)c2ccc3c(cnn3C)c2)N=CC)c(OC)cc1N(C)C1CCN(C(C)C)CC1. The molecular formula is C34H47N7O2. The number of anilines is 3. The van der Waals surface area contributed by atoms with E-state index in [2.05, 4.69) is 89.2 Å². The fraction of sp³-hybridized carbons (Fsp3) is 0.441. The van der Waals surface area contributed by atoms with Gasteiger partial charge in [-0.05, 0) is 75.9 Å². The summed E-state index contributed by atoms with van der Waals surface area (Å²) in [7, 11) is 5.71. The minimum absolute atomic E-state index is 0.129. The third-order valence-electron chi connectivity index (χ3n) is 8.45. The number of allylic oxidation sites excluding steroid dienone is 1. The Morgan fingerprint density at radius 3 is 2.58 bits per heavy atom. The summed E-state index contributed by atoms with van der Waals surface area (Å²) in [6, 6.07) is 11.3. The van der Waals surface area contributed by atoms with Gasteiger partial charge >= 0.3 is 0 Å². The molecule has 0 aliphatic carbocycles. The highest BCUT2D eigenvalue weighted by Crippen LogP contribution is 2.39. The molecule has 1 aromatic heterocycles. The minimum atomic E-state index is -0.264. The van der Waals surface area contributed by atoms with E-state index < -0.39 is 0 Å². The predicted molar refractivity (Wildman–Crippen MR) is 180 cm³/mol. The lowest BCUT2D eigenvalue weighted by molar-refractivity contribution is -0.111. The maximum absolute atomic E-state index is 12.5. The molecule has 1 atom stereocenters. The first-order chi connectivity index (χ1) is 20.7. The first kappa shape index (κ1) is 31.8. The van der Waals surface area contributed by atoms with Crippen LogP contribution >= 0.6 is 0 Å². The number of aromatic nitrogens is 2. The number of methoxy groups -OCH3 is 1. The van der Waals surface area contributed by atoms with Crippen molar-refractivity contribution in [1.82, 2.24) is 14.7 Å². The number of benzene rings is 2. The molecule has 9 heteroatoms. The van der Waals surface area contributed by atoms with Gasteiger partial charge < -0.3 is 25.2 Å². The Kier molecular flexibility index (Phi) is 10.6. The molecule has 230 valence electrons. The molecule has 0 radical (unpaired) electrons. The van der Waals surface area contributed by atoms with Crippen molar-refractivity contribution in [3.8, 4) is 5.75 Å². The zero-order valence-corrected chi connectivity index (χ0v) is 26.7. The maximum Gasteiger partial charge on any atom is 0.247 e. The molecule has 2 N–H and O–H groups in total. The number of rotatable bonds is 12. The molecule has 9 nitrogen and oxygen atoms in total. The Morgan fingerprint density at radius 1 is 1.21 bits per heavy atom. The smallest absolute Gasteiger partial charge is 0.247 e. The van der Waals surface area contributed by atoms with E-state index in [1.165, 1.54) is 11.6 Å². The number of nitrogens with zero attached hydrogens (tertiary/aromatic N) is 5. The Morgan fingerprint density at radius 2 is 1.95 bits per heavy atom. The van der Waals surface area contributed by atoms with Crippen LogP contribution < -0.4 is 20.3 Å². The number of carbonyl (C=O) groups excluding carboxylic acids is 1. The van der Waals surface area contributed by atoms with Crippen molar-refractivity contribution in [1.29, 1.82) is 0 Å². The number of ether oxygens (including phenoxy) is 1. The number of hydrogen-bond acceptors (Lipinski definition) is 7. The lowest BCUT2D eigenvalue weighted by Gasteiger charge is -2.40. The summed E-state index contributed by atoms with van der Waals surface area (Å²) in [6.45, 7) is 14.3. The van der Waals surface area contributed by atoms with Gasteiger partial charge in [0, 0.05) is 62.9 Å². The predicted octanol–water partition coefficient (Wildman–Crippen LogP) is 6.55. The average Bonchev–Trinajstić information content (AvgIpc) is 3.39. The number of hydrogen-bond donors (Lipinski definition) is 2. The number of carbonyl (C=O) groups is 1. The molecule has 2 heterocycles. The summed E-state index contributed by atoms with van der Waals surface area (Å²) < 4.78 is 7.77. The van der Waals surface area contributed by atoms with Gasteiger partial charge in [-0.1, -0.05) is 19.6 Å². The lowest BCUT2D eigenvalue weighted by Crippen LogP contribution is -2.45. The van der Waals surface area contributed by atoms with Crippen LogP contribution in [0.3, 0.4) is 0 Å². The molecule has 1 saturated heterocycles. The van der Waals surface area contributed by atoms with E-state index in [9.17, 15) is 4.79 Å². The van der Waals surface area contributed by atoms with Gasteiger partial charge in [0.1, 0.15) is 11.6 Å². The summed E-state index contributed by atoms with van der Waals surface area (Å²) in [6.07, 6.45) is 10.1. The van der Waals surface area contributed by atoms with Gasteiger partial charge in [-0.15, -0.1) is 0 Å². The Labute approximate surface area is 256 Å². The topological polar surface area (TPSA) is 87.0 Å². The molecule has 0 saturated carbocycles. The monoisotopic (exact) mass is 585 g/mol. The quantitative estimate of drug-likeness (QED) is 0.185. The van der Waals surface area contributed by atoms with E-state index in [4.69, 9.17) is 4.74 Å². The number of likely N-dealkylation sites (tertiary alicyclic amines) is 1.